The highest BCUT2D eigenvalue weighted by Crippen LogP contribution is 2.75. The fraction of sp³-hybridized carbons (Fsp3) is 0.867. The quantitative estimate of drug-likeness (QED) is 0.432. The van der Waals surface area contributed by atoms with Gasteiger partial charge >= 0.3 is 5.97 Å². The molecular weight excluding hydrogens is 440 g/mol. The molecule has 10 atom stereocenters. The molecule has 4 fully saturated rings. The van der Waals surface area contributed by atoms with Crippen molar-refractivity contribution in [2.75, 3.05) is 0 Å². The SMILES string of the molecule is C[C@@H]1CC[C@]2(C(=O)O)CC[C@]3(C)C(=CC[C@@H]4[C@@]5(C)C[C@@H](O)C(=O)C(C)(C)C5CC[C@]43C)[C@@H]2[C@]1(C)O. The summed E-state index contributed by atoms with van der Waals surface area (Å²) in [5.41, 5.74) is -1.81. The molecule has 0 aliphatic heterocycles. The zero-order valence-corrected chi connectivity index (χ0v) is 22.8. The number of carbonyl (C=O) groups excluding carboxylic acids is 1. The van der Waals surface area contributed by atoms with E-state index in [0.29, 0.717) is 25.2 Å². The molecule has 5 aliphatic rings. The Kier molecular flexibility index (Phi) is 5.25. The Hall–Kier alpha value is -1.20. The fourth-order valence-electron chi connectivity index (χ4n) is 10.8. The van der Waals surface area contributed by atoms with Crippen LogP contribution in [0.15, 0.2) is 11.6 Å². The van der Waals surface area contributed by atoms with Crippen molar-refractivity contribution in [2.24, 2.45) is 50.7 Å². The fourth-order valence-corrected chi connectivity index (χ4v) is 10.8. The van der Waals surface area contributed by atoms with Crippen molar-refractivity contribution in [3.05, 3.63) is 11.6 Å². The number of aliphatic hydroxyl groups excluding tert-OH is 1. The molecule has 196 valence electrons. The third kappa shape index (κ3) is 2.83. The Bertz CT molecular complexity index is 995. The van der Waals surface area contributed by atoms with Crippen molar-refractivity contribution in [1.82, 2.24) is 0 Å². The Morgan fingerprint density at radius 1 is 0.971 bits per heavy atom. The maximum absolute atomic E-state index is 13.0. The number of fused-ring (bicyclic) bond motifs is 7. The van der Waals surface area contributed by atoms with Crippen LogP contribution in [0.3, 0.4) is 0 Å². The molecule has 1 unspecified atom stereocenters. The summed E-state index contributed by atoms with van der Waals surface area (Å²) in [6.45, 7) is 15.0. The third-order valence-electron chi connectivity index (χ3n) is 13.2. The molecule has 0 aromatic carbocycles. The zero-order valence-electron chi connectivity index (χ0n) is 22.8. The van der Waals surface area contributed by atoms with Crippen LogP contribution in [0.5, 0.6) is 0 Å². The number of carboxylic acid groups (broad SMARTS) is 1. The highest BCUT2D eigenvalue weighted by Gasteiger charge is 2.71. The van der Waals surface area contributed by atoms with Crippen LogP contribution in [0.25, 0.3) is 0 Å². The lowest BCUT2D eigenvalue weighted by atomic mass is 9.33. The molecule has 0 aromatic heterocycles. The molecule has 3 N–H and O–H groups in total. The number of carboxylic acids is 1. The Balaban J connectivity index is 1.65. The van der Waals surface area contributed by atoms with E-state index in [1.807, 2.05) is 20.8 Å². The van der Waals surface area contributed by atoms with Gasteiger partial charge in [0.25, 0.3) is 0 Å². The van der Waals surface area contributed by atoms with Gasteiger partial charge in [-0.15, -0.1) is 0 Å². The Labute approximate surface area is 210 Å². The van der Waals surface area contributed by atoms with Crippen molar-refractivity contribution in [1.29, 1.82) is 0 Å². The van der Waals surface area contributed by atoms with E-state index < -0.39 is 28.5 Å². The predicted molar refractivity (Wildman–Crippen MR) is 134 cm³/mol. The van der Waals surface area contributed by atoms with E-state index in [4.69, 9.17) is 0 Å². The first-order chi connectivity index (χ1) is 16.0. The van der Waals surface area contributed by atoms with Gasteiger partial charge in [-0.1, -0.05) is 53.2 Å². The van der Waals surface area contributed by atoms with Crippen LogP contribution >= 0.6 is 0 Å². The molecule has 5 rings (SSSR count). The molecule has 0 bridgehead atoms. The maximum atomic E-state index is 13.0. The van der Waals surface area contributed by atoms with Crippen LogP contribution in [0.4, 0.5) is 0 Å². The summed E-state index contributed by atoms with van der Waals surface area (Å²) < 4.78 is 0. The topological polar surface area (TPSA) is 94.8 Å². The molecule has 0 amide bonds. The molecule has 5 aliphatic carbocycles. The summed E-state index contributed by atoms with van der Waals surface area (Å²) in [5.74, 6) is -0.584. The van der Waals surface area contributed by atoms with Gasteiger partial charge in [0.15, 0.2) is 5.78 Å². The standard InChI is InChI=1S/C30H46O5/c1-17-10-13-30(24(33)34)15-14-27(5)18(22(30)29(17,7)35)8-9-21-26(4)16-19(31)23(32)25(2,3)20(26)11-12-28(21,27)6/h8,17,19-22,31,35H,9-16H2,1-7H3,(H,33,34)/t17-,19-,20?,21-,22-,26+,27-,28-,29-,30+/m1/s1. The number of ketones is 1. The van der Waals surface area contributed by atoms with E-state index in [-0.39, 0.29) is 39.8 Å². The van der Waals surface area contributed by atoms with Crippen molar-refractivity contribution in [3.8, 4) is 0 Å². The average molecular weight is 487 g/mol. The van der Waals surface area contributed by atoms with E-state index in [1.54, 1.807) is 0 Å². The van der Waals surface area contributed by atoms with Crippen LogP contribution in [-0.2, 0) is 9.59 Å². The summed E-state index contributed by atoms with van der Waals surface area (Å²) in [6.07, 6.45) is 7.42. The lowest BCUT2D eigenvalue weighted by Crippen LogP contribution is -2.68. The minimum Gasteiger partial charge on any atom is -0.481 e. The molecule has 0 radical (unpaired) electrons. The third-order valence-corrected chi connectivity index (χ3v) is 13.2. The smallest absolute Gasteiger partial charge is 0.310 e. The number of Topliss-reactive ketones (excluding diaryl/α,β-unsaturated/α-hetero) is 1. The van der Waals surface area contributed by atoms with Gasteiger partial charge in [-0.2, -0.15) is 0 Å². The lowest BCUT2D eigenvalue weighted by Gasteiger charge is -2.71. The summed E-state index contributed by atoms with van der Waals surface area (Å²) in [6, 6.07) is 0. The summed E-state index contributed by atoms with van der Waals surface area (Å²) in [5, 5.41) is 33.3. The largest absolute Gasteiger partial charge is 0.481 e. The van der Waals surface area contributed by atoms with Crippen molar-refractivity contribution >= 4 is 11.8 Å². The monoisotopic (exact) mass is 486 g/mol. The van der Waals surface area contributed by atoms with E-state index in [0.717, 1.165) is 32.1 Å². The number of aliphatic carboxylic acids is 1. The predicted octanol–water partition coefficient (Wildman–Crippen LogP) is 5.38. The van der Waals surface area contributed by atoms with E-state index in [1.165, 1.54) is 5.57 Å². The second-order valence-corrected chi connectivity index (χ2v) is 14.7. The Morgan fingerprint density at radius 2 is 1.63 bits per heavy atom. The summed E-state index contributed by atoms with van der Waals surface area (Å²) in [4.78, 5) is 25.8. The van der Waals surface area contributed by atoms with E-state index >= 15 is 0 Å². The van der Waals surface area contributed by atoms with Gasteiger partial charge in [0, 0.05) is 11.3 Å². The van der Waals surface area contributed by atoms with E-state index in [2.05, 4.69) is 33.8 Å². The van der Waals surface area contributed by atoms with Gasteiger partial charge in [0.05, 0.1) is 11.0 Å². The molecule has 0 saturated heterocycles. The van der Waals surface area contributed by atoms with Gasteiger partial charge < -0.3 is 15.3 Å². The highest BCUT2D eigenvalue weighted by atomic mass is 16.4. The molecule has 0 spiro atoms. The number of carbonyl (C=O) groups is 2. The number of allylic oxidation sites excluding steroid dienone is 1. The molecule has 5 heteroatoms. The first-order valence-electron chi connectivity index (χ1n) is 13.9. The van der Waals surface area contributed by atoms with Gasteiger partial charge in [0.1, 0.15) is 6.10 Å². The molecule has 0 aromatic rings. The number of aliphatic hydroxyl groups is 2. The average Bonchev–Trinajstić information content (AvgIpc) is 2.75. The van der Waals surface area contributed by atoms with Gasteiger partial charge in [-0.05, 0) is 92.3 Å². The molecule has 0 heterocycles. The first-order valence-corrected chi connectivity index (χ1v) is 13.9. The molecule has 5 nitrogen and oxygen atoms in total. The van der Waals surface area contributed by atoms with Crippen molar-refractivity contribution in [2.45, 2.75) is 112 Å². The molecule has 35 heavy (non-hydrogen) atoms. The van der Waals surface area contributed by atoms with Gasteiger partial charge in [-0.3, -0.25) is 9.59 Å². The van der Waals surface area contributed by atoms with Crippen LogP contribution in [0.2, 0.25) is 0 Å². The van der Waals surface area contributed by atoms with Crippen LogP contribution in [0.1, 0.15) is 99.8 Å². The Morgan fingerprint density at radius 3 is 2.26 bits per heavy atom. The maximum Gasteiger partial charge on any atom is 0.310 e. The molecular formula is C30H46O5. The van der Waals surface area contributed by atoms with Gasteiger partial charge in [-0.25, -0.2) is 0 Å². The highest BCUT2D eigenvalue weighted by molar-refractivity contribution is 5.89. The minimum absolute atomic E-state index is 0.0158. The van der Waals surface area contributed by atoms with Crippen LogP contribution in [-0.4, -0.2) is 38.8 Å². The zero-order chi connectivity index (χ0) is 26.0. The van der Waals surface area contributed by atoms with Crippen LogP contribution < -0.4 is 0 Å². The molecule has 4 saturated carbocycles. The number of rotatable bonds is 1. The van der Waals surface area contributed by atoms with Crippen molar-refractivity contribution < 1.29 is 24.9 Å². The normalized spacial score (nSPS) is 55.1. The van der Waals surface area contributed by atoms with Crippen LogP contribution in [0, 0.1) is 50.7 Å². The number of hydrogen-bond donors (Lipinski definition) is 3. The van der Waals surface area contributed by atoms with Crippen molar-refractivity contribution in [3.63, 3.8) is 0 Å². The summed E-state index contributed by atoms with van der Waals surface area (Å²) >= 11 is 0. The minimum atomic E-state index is -1.07. The first kappa shape index (κ1) is 25.4. The lowest BCUT2D eigenvalue weighted by molar-refractivity contribution is -0.213. The summed E-state index contributed by atoms with van der Waals surface area (Å²) in [7, 11) is 0. The number of hydrogen-bond acceptors (Lipinski definition) is 4. The van der Waals surface area contributed by atoms with E-state index in [9.17, 15) is 24.9 Å². The van der Waals surface area contributed by atoms with Gasteiger partial charge in [0.2, 0.25) is 0 Å². The second-order valence-electron chi connectivity index (χ2n) is 14.7. The second kappa shape index (κ2) is 7.22.